The van der Waals surface area contributed by atoms with Crippen molar-refractivity contribution < 1.29 is 33.4 Å². The zero-order valence-electron chi connectivity index (χ0n) is 15.8. The Morgan fingerprint density at radius 3 is 2.55 bits per heavy atom. The largest absolute Gasteiger partial charge is 0.454 e. The molecule has 8 nitrogen and oxygen atoms in total. The minimum Gasteiger partial charge on any atom is -0.454 e. The number of methoxy groups -OCH3 is 1. The number of cyclic esters (lactones) is 1. The van der Waals surface area contributed by atoms with E-state index < -0.39 is 36.1 Å². The Bertz CT molecular complexity index is 955. The molecule has 2 amide bonds. The number of nitrogens with one attached hydrogen (secondary N) is 1. The molecule has 0 radical (unpaired) electrons. The SMILES string of the molecule is COC(=O)NC(=O)[C@@H](C)OC(=O)c1ccc2c(c1)C[C@@H](c1ccccc1)OC2=O. The summed E-state index contributed by atoms with van der Waals surface area (Å²) in [6.07, 6.45) is -2.20. The number of esters is 2. The van der Waals surface area contributed by atoms with E-state index in [0.717, 1.165) is 12.7 Å². The maximum Gasteiger partial charge on any atom is 0.413 e. The second-order valence-electron chi connectivity index (χ2n) is 6.41. The molecule has 0 bridgehead atoms. The fourth-order valence-corrected chi connectivity index (χ4v) is 2.91. The fourth-order valence-electron chi connectivity index (χ4n) is 2.91. The van der Waals surface area contributed by atoms with Crippen LogP contribution in [0.4, 0.5) is 4.79 Å². The molecule has 0 fully saturated rings. The Morgan fingerprint density at radius 1 is 1.14 bits per heavy atom. The molecule has 2 aromatic carbocycles. The van der Waals surface area contributed by atoms with Crippen LogP contribution in [0.2, 0.25) is 0 Å². The van der Waals surface area contributed by atoms with Crippen LogP contribution in [-0.2, 0) is 25.4 Å². The van der Waals surface area contributed by atoms with Crippen molar-refractivity contribution in [3.05, 3.63) is 70.8 Å². The number of amides is 2. The van der Waals surface area contributed by atoms with E-state index in [4.69, 9.17) is 9.47 Å². The van der Waals surface area contributed by atoms with Crippen molar-refractivity contribution in [1.29, 1.82) is 0 Å². The van der Waals surface area contributed by atoms with Crippen LogP contribution in [0.3, 0.4) is 0 Å². The summed E-state index contributed by atoms with van der Waals surface area (Å²) in [6.45, 7) is 1.33. The van der Waals surface area contributed by atoms with Crippen LogP contribution in [0.5, 0.6) is 0 Å². The molecule has 150 valence electrons. The van der Waals surface area contributed by atoms with Crippen molar-refractivity contribution in [2.24, 2.45) is 0 Å². The van der Waals surface area contributed by atoms with Crippen molar-refractivity contribution in [1.82, 2.24) is 5.32 Å². The summed E-state index contributed by atoms with van der Waals surface area (Å²) < 4.78 is 14.9. The molecule has 0 unspecified atom stereocenters. The van der Waals surface area contributed by atoms with Crippen molar-refractivity contribution in [2.75, 3.05) is 7.11 Å². The second kappa shape index (κ2) is 8.55. The van der Waals surface area contributed by atoms with Crippen LogP contribution in [0.25, 0.3) is 0 Å². The third-order valence-corrected chi connectivity index (χ3v) is 4.45. The van der Waals surface area contributed by atoms with Crippen LogP contribution >= 0.6 is 0 Å². The normalized spacial score (nSPS) is 16.1. The Balaban J connectivity index is 1.74. The van der Waals surface area contributed by atoms with E-state index in [1.54, 1.807) is 6.07 Å². The predicted octanol–water partition coefficient (Wildman–Crippen LogP) is 2.57. The molecule has 8 heteroatoms. The highest BCUT2D eigenvalue weighted by Crippen LogP contribution is 2.31. The third-order valence-electron chi connectivity index (χ3n) is 4.45. The van der Waals surface area contributed by atoms with Gasteiger partial charge in [0.25, 0.3) is 5.91 Å². The molecule has 0 aliphatic carbocycles. The molecule has 0 spiro atoms. The number of rotatable bonds is 4. The monoisotopic (exact) mass is 397 g/mol. The highest BCUT2D eigenvalue weighted by atomic mass is 16.6. The molecule has 3 rings (SSSR count). The van der Waals surface area contributed by atoms with Gasteiger partial charge in [-0.05, 0) is 36.2 Å². The van der Waals surface area contributed by atoms with Gasteiger partial charge in [-0.15, -0.1) is 0 Å². The van der Waals surface area contributed by atoms with Crippen LogP contribution in [0.1, 0.15) is 44.9 Å². The summed E-state index contributed by atoms with van der Waals surface area (Å²) in [5.41, 5.74) is 2.07. The first-order chi connectivity index (χ1) is 13.9. The van der Waals surface area contributed by atoms with Gasteiger partial charge in [0.2, 0.25) is 0 Å². The maximum atomic E-state index is 12.4. The van der Waals surface area contributed by atoms with Crippen molar-refractivity contribution in [3.8, 4) is 0 Å². The molecule has 2 aromatic rings. The van der Waals surface area contributed by atoms with Gasteiger partial charge in [0, 0.05) is 6.42 Å². The topological polar surface area (TPSA) is 108 Å². The number of hydrogen-bond donors (Lipinski definition) is 1. The van der Waals surface area contributed by atoms with Crippen LogP contribution < -0.4 is 5.32 Å². The first-order valence-electron chi connectivity index (χ1n) is 8.87. The van der Waals surface area contributed by atoms with Gasteiger partial charge in [0.1, 0.15) is 6.10 Å². The smallest absolute Gasteiger partial charge is 0.413 e. The lowest BCUT2D eigenvalue weighted by Gasteiger charge is -2.25. The van der Waals surface area contributed by atoms with Crippen LogP contribution in [-0.4, -0.2) is 37.2 Å². The number of alkyl carbamates (subject to hydrolysis) is 1. The molecule has 29 heavy (non-hydrogen) atoms. The quantitative estimate of drug-likeness (QED) is 0.624. The van der Waals surface area contributed by atoms with Crippen molar-refractivity contribution in [2.45, 2.75) is 25.6 Å². The molecule has 0 saturated carbocycles. The van der Waals surface area contributed by atoms with E-state index >= 15 is 0 Å². The van der Waals surface area contributed by atoms with Gasteiger partial charge in [0.05, 0.1) is 18.2 Å². The molecule has 1 aliphatic heterocycles. The van der Waals surface area contributed by atoms with Gasteiger partial charge in [-0.2, -0.15) is 0 Å². The van der Waals surface area contributed by atoms with Crippen LogP contribution in [0, 0.1) is 0 Å². The Kier molecular flexibility index (Phi) is 5.92. The minimum absolute atomic E-state index is 0.183. The fraction of sp³-hybridized carbons (Fsp3) is 0.238. The highest BCUT2D eigenvalue weighted by molar-refractivity contribution is 5.98. The summed E-state index contributed by atoms with van der Waals surface area (Å²) in [5.74, 6) is -2.03. The molecule has 1 N–H and O–H groups in total. The molecule has 1 heterocycles. The van der Waals surface area contributed by atoms with Crippen LogP contribution in [0.15, 0.2) is 48.5 Å². The van der Waals surface area contributed by atoms with Gasteiger partial charge in [-0.3, -0.25) is 10.1 Å². The van der Waals surface area contributed by atoms with E-state index in [1.807, 2.05) is 35.6 Å². The zero-order valence-corrected chi connectivity index (χ0v) is 15.8. The van der Waals surface area contributed by atoms with E-state index in [0.29, 0.717) is 17.5 Å². The minimum atomic E-state index is -1.21. The number of imide groups is 1. The zero-order chi connectivity index (χ0) is 21.0. The first kappa shape index (κ1) is 20.1. The number of carbonyl (C=O) groups is 4. The highest BCUT2D eigenvalue weighted by Gasteiger charge is 2.29. The number of fused-ring (bicyclic) bond motifs is 1. The molecule has 2 atom stereocenters. The van der Waals surface area contributed by atoms with Gasteiger partial charge < -0.3 is 14.2 Å². The van der Waals surface area contributed by atoms with Crippen molar-refractivity contribution in [3.63, 3.8) is 0 Å². The predicted molar refractivity (Wildman–Crippen MR) is 100 cm³/mol. The Labute approximate surface area is 166 Å². The number of hydrogen-bond acceptors (Lipinski definition) is 7. The molecule has 1 aliphatic rings. The molecule has 0 saturated heterocycles. The summed E-state index contributed by atoms with van der Waals surface area (Å²) >= 11 is 0. The van der Waals surface area contributed by atoms with Gasteiger partial charge in [-0.25, -0.2) is 14.4 Å². The number of carbonyl (C=O) groups excluding carboxylic acids is 4. The maximum absolute atomic E-state index is 12.4. The average Bonchev–Trinajstić information content (AvgIpc) is 2.73. The van der Waals surface area contributed by atoms with Crippen molar-refractivity contribution >= 4 is 23.9 Å². The Hall–Kier alpha value is -3.68. The second-order valence-corrected chi connectivity index (χ2v) is 6.41. The molecule has 0 aromatic heterocycles. The Morgan fingerprint density at radius 2 is 1.86 bits per heavy atom. The summed E-state index contributed by atoms with van der Waals surface area (Å²) in [6, 6.07) is 13.8. The lowest BCUT2D eigenvalue weighted by atomic mass is 9.93. The number of ether oxygens (including phenoxy) is 3. The first-order valence-corrected chi connectivity index (χ1v) is 8.87. The summed E-state index contributed by atoms with van der Waals surface area (Å²) in [7, 11) is 1.11. The lowest BCUT2D eigenvalue weighted by molar-refractivity contribution is -0.128. The van der Waals surface area contributed by atoms with E-state index in [1.165, 1.54) is 19.1 Å². The van der Waals surface area contributed by atoms with E-state index in [-0.39, 0.29) is 5.56 Å². The molecular formula is C21H19NO7. The van der Waals surface area contributed by atoms with Gasteiger partial charge in [0.15, 0.2) is 6.10 Å². The van der Waals surface area contributed by atoms with Gasteiger partial charge >= 0.3 is 18.0 Å². The lowest BCUT2D eigenvalue weighted by Crippen LogP contribution is -2.39. The summed E-state index contributed by atoms with van der Waals surface area (Å²) in [4.78, 5) is 47.6. The standard InChI is InChI=1S/C21H19NO7/c1-12(18(23)22-21(26)27-2)28-19(24)14-8-9-16-15(10-14)11-17(29-20(16)25)13-6-4-3-5-7-13/h3-10,12,17H,11H2,1-2H3,(H,22,23,26)/t12-,17+/m1/s1. The summed E-state index contributed by atoms with van der Waals surface area (Å²) in [5, 5.41) is 1.93. The third kappa shape index (κ3) is 4.60. The van der Waals surface area contributed by atoms with Gasteiger partial charge in [-0.1, -0.05) is 30.3 Å². The van der Waals surface area contributed by atoms with E-state index in [9.17, 15) is 19.2 Å². The number of benzene rings is 2. The molecular weight excluding hydrogens is 378 g/mol. The average molecular weight is 397 g/mol. The van der Waals surface area contributed by atoms with E-state index in [2.05, 4.69) is 4.74 Å².